The van der Waals surface area contributed by atoms with Gasteiger partial charge < -0.3 is 14.8 Å². The molecule has 1 aliphatic rings. The Balaban J connectivity index is 1.68. The summed E-state index contributed by atoms with van der Waals surface area (Å²) >= 11 is 0. The van der Waals surface area contributed by atoms with Crippen LogP contribution in [0.25, 0.3) is 5.65 Å². The Bertz CT molecular complexity index is 927. The number of hydrogen-bond acceptors (Lipinski definition) is 5. The molecule has 0 bridgehead atoms. The Morgan fingerprint density at radius 1 is 1.23 bits per heavy atom. The molecule has 0 aromatic carbocycles. The van der Waals surface area contributed by atoms with E-state index in [1.807, 2.05) is 30.5 Å². The predicted octanol–water partition coefficient (Wildman–Crippen LogP) is 4.09. The van der Waals surface area contributed by atoms with Crippen LogP contribution in [0, 0.1) is 31.6 Å². The third-order valence-corrected chi connectivity index (χ3v) is 6.10. The maximum atomic E-state index is 13.0. The Labute approximate surface area is 184 Å². The maximum Gasteiger partial charge on any atom is 0.308 e. The number of esters is 1. The van der Waals surface area contributed by atoms with Crippen LogP contribution in [-0.2, 0) is 9.53 Å². The molecular formula is C24H35N3O4. The van der Waals surface area contributed by atoms with Crippen LogP contribution >= 0.6 is 0 Å². The van der Waals surface area contributed by atoms with Gasteiger partial charge in [0.1, 0.15) is 5.69 Å². The Hall–Kier alpha value is -2.57. The van der Waals surface area contributed by atoms with Gasteiger partial charge in [-0.3, -0.25) is 14.0 Å². The van der Waals surface area contributed by atoms with Gasteiger partial charge in [0, 0.05) is 12.7 Å². The molecule has 0 aliphatic heterocycles. The molecule has 0 spiro atoms. The van der Waals surface area contributed by atoms with Crippen molar-refractivity contribution in [3.8, 4) is 5.75 Å². The molecule has 2 heterocycles. The van der Waals surface area contributed by atoms with E-state index < -0.39 is 0 Å². The van der Waals surface area contributed by atoms with E-state index in [1.54, 1.807) is 0 Å². The standard InChI is InChI=1S/C24H35N3O4/c1-15(2)10-11-31-20-12-16(3)14-27-21(17(4)26-22(20)27)23(28)25-13-18-6-8-19(9-7-18)24(29)30-5/h12,14-15,18-19H,6-11,13H2,1-5H3,(H,25,28). The highest BCUT2D eigenvalue weighted by Crippen LogP contribution is 2.29. The molecule has 1 fully saturated rings. The number of aromatic nitrogens is 2. The van der Waals surface area contributed by atoms with Crippen LogP contribution in [0.1, 0.15) is 67.7 Å². The minimum absolute atomic E-state index is 0.00457. The first-order valence-electron chi connectivity index (χ1n) is 11.3. The molecule has 1 N–H and O–H groups in total. The van der Waals surface area contributed by atoms with Crippen LogP contribution < -0.4 is 10.1 Å². The van der Waals surface area contributed by atoms with E-state index in [0.717, 1.165) is 37.7 Å². The van der Waals surface area contributed by atoms with Crippen molar-refractivity contribution in [2.24, 2.45) is 17.8 Å². The number of imidazole rings is 1. The molecule has 0 saturated heterocycles. The highest BCUT2D eigenvalue weighted by atomic mass is 16.5. The van der Waals surface area contributed by atoms with Crippen LogP contribution in [-0.4, -0.2) is 41.5 Å². The van der Waals surface area contributed by atoms with Gasteiger partial charge in [0.15, 0.2) is 11.4 Å². The highest BCUT2D eigenvalue weighted by molar-refractivity contribution is 5.95. The van der Waals surface area contributed by atoms with Crippen molar-refractivity contribution in [3.05, 3.63) is 29.2 Å². The number of nitrogens with zero attached hydrogens (tertiary/aromatic N) is 2. The Kier molecular flexibility index (Phi) is 7.57. The minimum atomic E-state index is -0.126. The summed E-state index contributed by atoms with van der Waals surface area (Å²) in [5, 5.41) is 3.09. The van der Waals surface area contributed by atoms with Gasteiger partial charge in [0.25, 0.3) is 5.91 Å². The summed E-state index contributed by atoms with van der Waals surface area (Å²) in [4.78, 5) is 29.4. The largest absolute Gasteiger partial charge is 0.490 e. The van der Waals surface area contributed by atoms with Crippen molar-refractivity contribution in [3.63, 3.8) is 0 Å². The van der Waals surface area contributed by atoms with Gasteiger partial charge in [-0.15, -0.1) is 0 Å². The molecule has 1 aliphatic carbocycles. The van der Waals surface area contributed by atoms with Gasteiger partial charge in [-0.1, -0.05) is 13.8 Å². The molecular weight excluding hydrogens is 394 g/mol. The number of carbonyl (C=O) groups excluding carboxylic acids is 2. The lowest BCUT2D eigenvalue weighted by Crippen LogP contribution is -2.33. The summed E-state index contributed by atoms with van der Waals surface area (Å²) in [5.41, 5.74) is 2.93. The number of fused-ring (bicyclic) bond motifs is 1. The lowest BCUT2D eigenvalue weighted by Gasteiger charge is -2.26. The summed E-state index contributed by atoms with van der Waals surface area (Å²) < 4.78 is 12.7. The number of amides is 1. The normalized spacial score (nSPS) is 18.9. The Morgan fingerprint density at radius 2 is 1.94 bits per heavy atom. The Morgan fingerprint density at radius 3 is 2.58 bits per heavy atom. The number of rotatable bonds is 8. The monoisotopic (exact) mass is 429 g/mol. The zero-order valence-corrected chi connectivity index (χ0v) is 19.4. The number of methoxy groups -OCH3 is 1. The van der Waals surface area contributed by atoms with E-state index in [4.69, 9.17) is 9.47 Å². The van der Waals surface area contributed by atoms with Crippen molar-refractivity contribution < 1.29 is 19.1 Å². The summed E-state index contributed by atoms with van der Waals surface area (Å²) in [7, 11) is 1.44. The summed E-state index contributed by atoms with van der Waals surface area (Å²) in [6, 6.07) is 1.98. The first-order chi connectivity index (χ1) is 14.8. The van der Waals surface area contributed by atoms with E-state index >= 15 is 0 Å². The number of carbonyl (C=O) groups is 2. The first-order valence-corrected chi connectivity index (χ1v) is 11.3. The van der Waals surface area contributed by atoms with Crippen molar-refractivity contribution in [2.45, 2.75) is 59.8 Å². The molecule has 0 radical (unpaired) electrons. The van der Waals surface area contributed by atoms with Gasteiger partial charge in [0.2, 0.25) is 0 Å². The van der Waals surface area contributed by atoms with Crippen LogP contribution in [0.15, 0.2) is 12.3 Å². The zero-order chi connectivity index (χ0) is 22.5. The van der Waals surface area contributed by atoms with Crippen LogP contribution in [0.4, 0.5) is 0 Å². The number of ether oxygens (including phenoxy) is 2. The van der Waals surface area contributed by atoms with Crippen molar-refractivity contribution in [2.75, 3.05) is 20.3 Å². The topological polar surface area (TPSA) is 81.9 Å². The average molecular weight is 430 g/mol. The van der Waals surface area contributed by atoms with E-state index in [9.17, 15) is 9.59 Å². The van der Waals surface area contributed by atoms with Gasteiger partial charge in [-0.25, -0.2) is 4.98 Å². The van der Waals surface area contributed by atoms with Gasteiger partial charge in [-0.05, 0) is 69.4 Å². The number of aryl methyl sites for hydroxylation is 2. The SMILES string of the molecule is COC(=O)C1CCC(CNC(=O)c2c(C)nc3c(OCCC(C)C)cc(C)cn23)CC1. The molecule has 3 rings (SSSR count). The number of nitrogens with one attached hydrogen (secondary N) is 1. The van der Waals surface area contributed by atoms with E-state index in [2.05, 4.69) is 24.1 Å². The minimum Gasteiger partial charge on any atom is -0.490 e. The molecule has 2 aromatic heterocycles. The number of hydrogen-bond donors (Lipinski definition) is 1. The lowest BCUT2D eigenvalue weighted by atomic mass is 9.82. The smallest absolute Gasteiger partial charge is 0.308 e. The first kappa shape index (κ1) is 23.1. The second kappa shape index (κ2) is 10.2. The molecule has 7 heteroatoms. The molecule has 7 nitrogen and oxygen atoms in total. The lowest BCUT2D eigenvalue weighted by molar-refractivity contribution is -0.146. The third-order valence-electron chi connectivity index (χ3n) is 6.10. The molecule has 170 valence electrons. The van der Waals surface area contributed by atoms with Gasteiger partial charge in [0.05, 0.1) is 25.3 Å². The fourth-order valence-corrected chi connectivity index (χ4v) is 4.23. The third kappa shape index (κ3) is 5.57. The summed E-state index contributed by atoms with van der Waals surface area (Å²) in [6.07, 6.45) is 6.36. The van der Waals surface area contributed by atoms with E-state index in [-0.39, 0.29) is 17.8 Å². The molecule has 0 unspecified atom stereocenters. The number of pyridine rings is 1. The highest BCUT2D eigenvalue weighted by Gasteiger charge is 2.27. The fraction of sp³-hybridized carbons (Fsp3) is 0.625. The van der Waals surface area contributed by atoms with Crippen molar-refractivity contribution in [1.82, 2.24) is 14.7 Å². The molecule has 31 heavy (non-hydrogen) atoms. The quantitative estimate of drug-likeness (QED) is 0.639. The predicted molar refractivity (Wildman–Crippen MR) is 119 cm³/mol. The summed E-state index contributed by atoms with van der Waals surface area (Å²) in [5.74, 6) is 1.40. The van der Waals surface area contributed by atoms with Gasteiger partial charge >= 0.3 is 5.97 Å². The van der Waals surface area contributed by atoms with Crippen LogP contribution in [0.2, 0.25) is 0 Å². The van der Waals surface area contributed by atoms with Crippen LogP contribution in [0.5, 0.6) is 5.75 Å². The zero-order valence-electron chi connectivity index (χ0n) is 19.4. The molecule has 1 amide bonds. The molecule has 0 atom stereocenters. The van der Waals surface area contributed by atoms with Gasteiger partial charge in [-0.2, -0.15) is 0 Å². The van der Waals surface area contributed by atoms with E-state index in [0.29, 0.717) is 47.8 Å². The average Bonchev–Trinajstić information content (AvgIpc) is 3.07. The second-order valence-electron chi connectivity index (χ2n) is 9.10. The molecule has 2 aromatic rings. The van der Waals surface area contributed by atoms with Crippen molar-refractivity contribution >= 4 is 17.5 Å². The molecule has 1 saturated carbocycles. The fourth-order valence-electron chi connectivity index (χ4n) is 4.23. The maximum absolute atomic E-state index is 13.0. The second-order valence-corrected chi connectivity index (χ2v) is 9.10. The van der Waals surface area contributed by atoms with E-state index in [1.165, 1.54) is 7.11 Å². The van der Waals surface area contributed by atoms with Crippen LogP contribution in [0.3, 0.4) is 0 Å². The summed E-state index contributed by atoms with van der Waals surface area (Å²) in [6.45, 7) is 9.40. The van der Waals surface area contributed by atoms with Crippen molar-refractivity contribution in [1.29, 1.82) is 0 Å².